The van der Waals surface area contributed by atoms with Crippen molar-refractivity contribution in [2.75, 3.05) is 11.9 Å². The van der Waals surface area contributed by atoms with Crippen molar-refractivity contribution < 1.29 is 36.3 Å². The van der Waals surface area contributed by atoms with Gasteiger partial charge in [-0.2, -0.15) is 13.2 Å². The molecule has 2 aromatic heterocycles. The lowest BCUT2D eigenvalue weighted by molar-refractivity contribution is -0.138. The zero-order valence-electron chi connectivity index (χ0n) is 20.3. The van der Waals surface area contributed by atoms with Crippen molar-refractivity contribution in [2.45, 2.75) is 83.1 Å². The summed E-state index contributed by atoms with van der Waals surface area (Å²) in [5, 5.41) is 1.92. The molecule has 2 aliphatic heterocycles. The van der Waals surface area contributed by atoms with Gasteiger partial charge in [-0.1, -0.05) is 13.3 Å². The number of fused-ring (bicyclic) bond motifs is 2. The third-order valence-electron chi connectivity index (χ3n) is 6.69. The van der Waals surface area contributed by atoms with E-state index >= 15 is 0 Å². The molecule has 2 fully saturated rings. The maximum Gasteiger partial charge on any atom is 0.408 e. The quantitative estimate of drug-likeness (QED) is 0.228. The van der Waals surface area contributed by atoms with Gasteiger partial charge in [-0.3, -0.25) is 4.79 Å². The lowest BCUT2D eigenvalue weighted by atomic mass is 10.0. The molecule has 1 amide bonds. The highest BCUT2D eigenvalue weighted by molar-refractivity contribution is 7.17. The Kier molecular flexibility index (Phi) is 8.00. The predicted octanol–water partition coefficient (Wildman–Crippen LogP) is 6.23. The summed E-state index contributed by atoms with van der Waals surface area (Å²) in [7, 11) is 0. The van der Waals surface area contributed by atoms with Crippen LogP contribution >= 0.6 is 11.3 Å². The molecule has 2 bridgehead atoms. The van der Waals surface area contributed by atoms with Crippen molar-refractivity contribution >= 4 is 29.0 Å². The Morgan fingerprint density at radius 2 is 1.86 bits per heavy atom. The SMILES string of the molecule is CCCCOC(=O)c1nc(C(=O)N2C3CCC2CC3)c(-c2cnc(N[C@@H](C)C(F)(F)F)cc2C(F)F)s1. The van der Waals surface area contributed by atoms with E-state index in [0.717, 1.165) is 62.6 Å². The second-order valence-corrected chi connectivity index (χ2v) is 10.2. The Hall–Kier alpha value is -2.83. The minimum atomic E-state index is -4.61. The number of amides is 1. The van der Waals surface area contributed by atoms with Crippen LogP contribution in [0.15, 0.2) is 12.3 Å². The molecule has 0 aromatic carbocycles. The van der Waals surface area contributed by atoms with Gasteiger partial charge in [-0.25, -0.2) is 23.5 Å². The van der Waals surface area contributed by atoms with Crippen molar-refractivity contribution in [1.82, 2.24) is 14.9 Å². The number of thiazole rings is 1. The van der Waals surface area contributed by atoms with E-state index in [2.05, 4.69) is 15.3 Å². The molecule has 0 aliphatic carbocycles. The molecule has 13 heteroatoms. The minimum absolute atomic E-state index is 0.0111. The van der Waals surface area contributed by atoms with Crippen molar-refractivity contribution in [3.8, 4) is 10.4 Å². The van der Waals surface area contributed by atoms with Crippen molar-refractivity contribution in [3.63, 3.8) is 0 Å². The number of alkyl halides is 5. The molecule has 2 aromatic rings. The first kappa shape index (κ1) is 27.2. The number of pyridine rings is 1. The van der Waals surface area contributed by atoms with Gasteiger partial charge in [0.1, 0.15) is 17.6 Å². The van der Waals surface area contributed by atoms with E-state index < -0.39 is 41.9 Å². The lowest BCUT2D eigenvalue weighted by Crippen LogP contribution is -2.35. The average molecular weight is 547 g/mol. The molecule has 202 valence electrons. The summed E-state index contributed by atoms with van der Waals surface area (Å²) in [6, 6.07) is -1.15. The van der Waals surface area contributed by atoms with E-state index in [9.17, 15) is 31.5 Å². The van der Waals surface area contributed by atoms with Crippen LogP contribution in [0.3, 0.4) is 0 Å². The highest BCUT2D eigenvalue weighted by Gasteiger charge is 2.44. The maximum atomic E-state index is 14.1. The fourth-order valence-corrected chi connectivity index (χ4v) is 5.68. The first-order valence-corrected chi connectivity index (χ1v) is 12.9. The second-order valence-electron chi connectivity index (χ2n) is 9.23. The summed E-state index contributed by atoms with van der Waals surface area (Å²) < 4.78 is 72.3. The molecule has 37 heavy (non-hydrogen) atoms. The first-order chi connectivity index (χ1) is 17.5. The predicted molar refractivity (Wildman–Crippen MR) is 127 cm³/mol. The molecule has 0 unspecified atom stereocenters. The number of carbonyl (C=O) groups is 2. The summed E-state index contributed by atoms with van der Waals surface area (Å²) in [4.78, 5) is 36.0. The van der Waals surface area contributed by atoms with Crippen LogP contribution in [0.2, 0.25) is 0 Å². The molecule has 2 saturated heterocycles. The number of halogens is 5. The Balaban J connectivity index is 1.74. The lowest BCUT2D eigenvalue weighted by Gasteiger charge is -2.22. The third kappa shape index (κ3) is 5.70. The van der Waals surface area contributed by atoms with Gasteiger partial charge in [0.2, 0.25) is 5.01 Å². The number of unbranched alkanes of at least 4 members (excludes halogenated alkanes) is 1. The van der Waals surface area contributed by atoms with Gasteiger partial charge in [0.15, 0.2) is 0 Å². The number of hydrogen-bond donors (Lipinski definition) is 1. The largest absolute Gasteiger partial charge is 0.460 e. The Labute approximate surface area is 214 Å². The summed E-state index contributed by atoms with van der Waals surface area (Å²) in [5.74, 6) is -1.62. The van der Waals surface area contributed by atoms with Crippen LogP contribution in [0, 0.1) is 0 Å². The number of hydrogen-bond acceptors (Lipinski definition) is 7. The van der Waals surface area contributed by atoms with E-state index in [-0.39, 0.29) is 39.8 Å². The number of esters is 1. The fourth-order valence-electron chi connectivity index (χ4n) is 4.70. The second kappa shape index (κ2) is 10.9. The number of nitrogens with zero attached hydrogens (tertiary/aromatic N) is 3. The number of rotatable bonds is 9. The molecule has 0 saturated carbocycles. The van der Waals surface area contributed by atoms with Crippen LogP contribution in [0.25, 0.3) is 10.4 Å². The van der Waals surface area contributed by atoms with E-state index in [1.807, 2.05) is 6.92 Å². The number of anilines is 1. The van der Waals surface area contributed by atoms with Gasteiger partial charge in [0, 0.05) is 29.4 Å². The summed E-state index contributed by atoms with van der Waals surface area (Å²) in [5.41, 5.74) is -0.945. The highest BCUT2D eigenvalue weighted by Crippen LogP contribution is 2.42. The molecule has 0 radical (unpaired) electrons. The van der Waals surface area contributed by atoms with E-state index in [1.165, 1.54) is 0 Å². The Bertz CT molecular complexity index is 1140. The molecule has 2 aliphatic rings. The van der Waals surface area contributed by atoms with Gasteiger partial charge in [0.05, 0.1) is 11.5 Å². The molecule has 7 nitrogen and oxygen atoms in total. The zero-order chi connectivity index (χ0) is 26.9. The zero-order valence-corrected chi connectivity index (χ0v) is 21.1. The van der Waals surface area contributed by atoms with Crippen molar-refractivity contribution in [3.05, 3.63) is 28.5 Å². The summed E-state index contributed by atoms with van der Waals surface area (Å²) >= 11 is 0.737. The molecule has 4 rings (SSSR count). The smallest absolute Gasteiger partial charge is 0.408 e. The molecule has 1 atom stereocenters. The van der Waals surface area contributed by atoms with Crippen LogP contribution < -0.4 is 5.32 Å². The van der Waals surface area contributed by atoms with Crippen LogP contribution in [0.5, 0.6) is 0 Å². The van der Waals surface area contributed by atoms with Crippen LogP contribution in [0.1, 0.15) is 84.7 Å². The normalized spacial score (nSPS) is 19.9. The minimum Gasteiger partial charge on any atom is -0.460 e. The van der Waals surface area contributed by atoms with Gasteiger partial charge >= 0.3 is 12.1 Å². The van der Waals surface area contributed by atoms with Crippen molar-refractivity contribution in [1.29, 1.82) is 0 Å². The van der Waals surface area contributed by atoms with Gasteiger partial charge in [-0.05, 0) is 45.1 Å². The van der Waals surface area contributed by atoms with Crippen LogP contribution in [0.4, 0.5) is 27.8 Å². The topological polar surface area (TPSA) is 84.4 Å². The standard InChI is InChI=1S/C24H27F5N4O3S/c1-3-4-9-36-23(35)21-32-18(22(34)33-13-5-6-14(33)8-7-13)19(37-21)16-11-30-17(10-15(16)20(25)26)31-12(2)24(27,28)29/h10-14,20H,3-9H2,1-2H3,(H,30,31)/t12-,13?,14?/m0/s1. The molecular weight excluding hydrogens is 519 g/mol. The monoisotopic (exact) mass is 546 g/mol. The summed E-state index contributed by atoms with van der Waals surface area (Å²) in [6.45, 7) is 2.91. The molecule has 4 heterocycles. The number of carbonyl (C=O) groups excluding carboxylic acids is 2. The third-order valence-corrected chi connectivity index (χ3v) is 7.76. The van der Waals surface area contributed by atoms with Crippen LogP contribution in [-0.4, -0.2) is 57.7 Å². The van der Waals surface area contributed by atoms with E-state index in [0.29, 0.717) is 6.42 Å². The Morgan fingerprint density at radius 3 is 2.43 bits per heavy atom. The fraction of sp³-hybridized carbons (Fsp3) is 0.583. The van der Waals surface area contributed by atoms with Crippen molar-refractivity contribution in [2.24, 2.45) is 0 Å². The van der Waals surface area contributed by atoms with Gasteiger partial charge < -0.3 is 15.0 Å². The van der Waals surface area contributed by atoms with Gasteiger partial charge in [-0.15, -0.1) is 11.3 Å². The Morgan fingerprint density at radius 1 is 1.22 bits per heavy atom. The number of ether oxygens (including phenoxy) is 1. The van der Waals surface area contributed by atoms with Crippen LogP contribution in [-0.2, 0) is 4.74 Å². The summed E-state index contributed by atoms with van der Waals surface area (Å²) in [6.07, 6.45) is -1.95. The maximum absolute atomic E-state index is 14.1. The number of nitrogens with one attached hydrogen (secondary N) is 1. The molecule has 0 spiro atoms. The average Bonchev–Trinajstić information content (AvgIpc) is 3.57. The molecule has 1 N–H and O–H groups in total. The first-order valence-electron chi connectivity index (χ1n) is 12.1. The van der Waals surface area contributed by atoms with Gasteiger partial charge in [0.25, 0.3) is 12.3 Å². The number of aromatic nitrogens is 2. The molecular formula is C24H27F5N4O3S. The van der Waals surface area contributed by atoms with E-state index in [1.54, 1.807) is 4.90 Å². The van der Waals surface area contributed by atoms with E-state index in [4.69, 9.17) is 4.74 Å². The highest BCUT2D eigenvalue weighted by atomic mass is 32.1.